The molecule has 2 rings (SSSR count). The van der Waals surface area contributed by atoms with Crippen molar-refractivity contribution in [1.29, 1.82) is 0 Å². The minimum atomic E-state index is -0.112. The molecule has 0 spiro atoms. The van der Waals surface area contributed by atoms with Gasteiger partial charge in [0.05, 0.1) is 11.6 Å². The van der Waals surface area contributed by atoms with E-state index in [1.54, 1.807) is 18.2 Å². The van der Waals surface area contributed by atoms with Gasteiger partial charge in [-0.15, -0.1) is 0 Å². The number of halogens is 1. The van der Waals surface area contributed by atoms with Crippen LogP contribution in [0.5, 0.6) is 5.75 Å². The van der Waals surface area contributed by atoms with E-state index in [-0.39, 0.29) is 25.2 Å². The fourth-order valence-electron chi connectivity index (χ4n) is 2.42. The SMILES string of the molecule is O=C(COc1ccc(CO)cc1Cl)NC1CCCCC1. The topological polar surface area (TPSA) is 58.6 Å². The number of benzene rings is 1. The average Bonchev–Trinajstić information content (AvgIpc) is 2.47. The largest absolute Gasteiger partial charge is 0.482 e. The Morgan fingerprint density at radius 1 is 1.35 bits per heavy atom. The van der Waals surface area contributed by atoms with E-state index in [4.69, 9.17) is 21.4 Å². The van der Waals surface area contributed by atoms with Crippen LogP contribution in [0.1, 0.15) is 37.7 Å². The molecule has 0 unspecified atom stereocenters. The van der Waals surface area contributed by atoms with E-state index >= 15 is 0 Å². The van der Waals surface area contributed by atoms with Crippen LogP contribution in [0, 0.1) is 0 Å². The maximum absolute atomic E-state index is 11.8. The number of carbonyl (C=O) groups excluding carboxylic acids is 1. The van der Waals surface area contributed by atoms with Crippen LogP contribution < -0.4 is 10.1 Å². The lowest BCUT2D eigenvalue weighted by molar-refractivity contribution is -0.124. The lowest BCUT2D eigenvalue weighted by Crippen LogP contribution is -2.38. The molecule has 5 heteroatoms. The van der Waals surface area contributed by atoms with Crippen LogP contribution in [-0.4, -0.2) is 23.7 Å². The summed E-state index contributed by atoms with van der Waals surface area (Å²) in [5.41, 5.74) is 0.717. The highest BCUT2D eigenvalue weighted by molar-refractivity contribution is 6.32. The zero-order valence-corrected chi connectivity index (χ0v) is 12.2. The number of aliphatic hydroxyl groups is 1. The molecule has 1 aliphatic carbocycles. The summed E-state index contributed by atoms with van der Waals surface area (Å²) in [7, 11) is 0. The number of amides is 1. The zero-order valence-electron chi connectivity index (χ0n) is 11.4. The summed E-state index contributed by atoms with van der Waals surface area (Å²) >= 11 is 6.02. The van der Waals surface area contributed by atoms with Crippen LogP contribution in [0.15, 0.2) is 18.2 Å². The minimum Gasteiger partial charge on any atom is -0.482 e. The van der Waals surface area contributed by atoms with Gasteiger partial charge in [-0.1, -0.05) is 36.9 Å². The minimum absolute atomic E-state index is 0.0330. The van der Waals surface area contributed by atoms with Crippen molar-refractivity contribution in [2.75, 3.05) is 6.61 Å². The molecule has 110 valence electrons. The van der Waals surface area contributed by atoms with Gasteiger partial charge in [-0.2, -0.15) is 0 Å². The lowest BCUT2D eigenvalue weighted by atomic mass is 9.95. The molecule has 1 aliphatic rings. The molecular weight excluding hydrogens is 278 g/mol. The maximum Gasteiger partial charge on any atom is 0.258 e. The first-order valence-electron chi connectivity index (χ1n) is 7.00. The van der Waals surface area contributed by atoms with Gasteiger partial charge in [0.15, 0.2) is 6.61 Å². The molecule has 4 nitrogen and oxygen atoms in total. The molecule has 1 aromatic rings. The number of nitrogens with one attached hydrogen (secondary N) is 1. The van der Waals surface area contributed by atoms with Crippen molar-refractivity contribution >= 4 is 17.5 Å². The molecule has 1 fully saturated rings. The molecule has 1 saturated carbocycles. The summed E-state index contributed by atoms with van der Waals surface area (Å²) in [5.74, 6) is 0.349. The van der Waals surface area contributed by atoms with Gasteiger partial charge in [0.1, 0.15) is 5.75 Å². The number of hydrogen-bond acceptors (Lipinski definition) is 3. The molecule has 0 atom stereocenters. The third kappa shape index (κ3) is 4.39. The van der Waals surface area contributed by atoms with Crippen molar-refractivity contribution in [3.05, 3.63) is 28.8 Å². The third-order valence-corrected chi connectivity index (χ3v) is 3.80. The maximum atomic E-state index is 11.8. The van der Waals surface area contributed by atoms with Gasteiger partial charge in [0.2, 0.25) is 0 Å². The molecule has 0 saturated heterocycles. The van der Waals surface area contributed by atoms with Crippen LogP contribution in [-0.2, 0) is 11.4 Å². The van der Waals surface area contributed by atoms with Crippen molar-refractivity contribution < 1.29 is 14.6 Å². The molecule has 2 N–H and O–H groups in total. The van der Waals surface area contributed by atoms with Gasteiger partial charge < -0.3 is 15.2 Å². The molecule has 0 radical (unpaired) electrons. The van der Waals surface area contributed by atoms with Crippen molar-refractivity contribution in [2.24, 2.45) is 0 Å². The average molecular weight is 298 g/mol. The van der Waals surface area contributed by atoms with E-state index in [1.165, 1.54) is 19.3 Å². The van der Waals surface area contributed by atoms with E-state index in [0.717, 1.165) is 12.8 Å². The number of carbonyl (C=O) groups is 1. The summed E-state index contributed by atoms with van der Waals surface area (Å²) in [6, 6.07) is 5.31. The molecule has 1 amide bonds. The smallest absolute Gasteiger partial charge is 0.258 e. The molecule has 0 bridgehead atoms. The highest BCUT2D eigenvalue weighted by atomic mass is 35.5. The van der Waals surface area contributed by atoms with Crippen LogP contribution in [0.4, 0.5) is 0 Å². The van der Waals surface area contributed by atoms with Crippen LogP contribution >= 0.6 is 11.6 Å². The van der Waals surface area contributed by atoms with Crippen LogP contribution in [0.3, 0.4) is 0 Å². The number of aliphatic hydroxyl groups excluding tert-OH is 1. The Bertz CT molecular complexity index is 458. The number of rotatable bonds is 5. The lowest BCUT2D eigenvalue weighted by Gasteiger charge is -2.22. The number of ether oxygens (including phenoxy) is 1. The van der Waals surface area contributed by atoms with Crippen molar-refractivity contribution in [3.63, 3.8) is 0 Å². The van der Waals surface area contributed by atoms with Gasteiger partial charge in [-0.05, 0) is 30.5 Å². The monoisotopic (exact) mass is 297 g/mol. The Balaban J connectivity index is 1.80. The Hall–Kier alpha value is -1.26. The van der Waals surface area contributed by atoms with E-state index in [0.29, 0.717) is 16.3 Å². The Kier molecular flexibility index (Phi) is 5.68. The first-order valence-corrected chi connectivity index (χ1v) is 7.38. The molecular formula is C15H20ClNO3. The summed E-state index contributed by atoms with van der Waals surface area (Å²) in [5, 5.41) is 12.4. The van der Waals surface area contributed by atoms with E-state index in [2.05, 4.69) is 5.32 Å². The molecule has 0 aromatic heterocycles. The standard InChI is InChI=1S/C15H20ClNO3/c16-13-8-11(9-18)6-7-14(13)20-10-15(19)17-12-4-2-1-3-5-12/h6-8,12,18H,1-5,9-10H2,(H,17,19). The predicted molar refractivity (Wildman–Crippen MR) is 77.9 cm³/mol. The first kappa shape index (κ1) is 15.1. The fraction of sp³-hybridized carbons (Fsp3) is 0.533. The van der Waals surface area contributed by atoms with Gasteiger partial charge in [-0.25, -0.2) is 0 Å². The summed E-state index contributed by atoms with van der Waals surface area (Å²) < 4.78 is 5.41. The molecule has 0 heterocycles. The first-order chi connectivity index (χ1) is 9.69. The summed E-state index contributed by atoms with van der Waals surface area (Å²) in [6.07, 6.45) is 5.73. The van der Waals surface area contributed by atoms with Gasteiger partial charge in [-0.3, -0.25) is 4.79 Å². The van der Waals surface area contributed by atoms with E-state index in [9.17, 15) is 4.79 Å². The summed E-state index contributed by atoms with van der Waals surface area (Å²) in [4.78, 5) is 11.8. The third-order valence-electron chi connectivity index (χ3n) is 3.51. The number of hydrogen-bond donors (Lipinski definition) is 2. The van der Waals surface area contributed by atoms with E-state index in [1.807, 2.05) is 0 Å². The molecule has 1 aromatic carbocycles. The van der Waals surface area contributed by atoms with Crippen LogP contribution in [0.25, 0.3) is 0 Å². The fourth-order valence-corrected chi connectivity index (χ4v) is 2.68. The van der Waals surface area contributed by atoms with Crippen molar-refractivity contribution in [3.8, 4) is 5.75 Å². The second-order valence-corrected chi connectivity index (χ2v) is 5.52. The van der Waals surface area contributed by atoms with Crippen LogP contribution in [0.2, 0.25) is 5.02 Å². The van der Waals surface area contributed by atoms with Gasteiger partial charge in [0, 0.05) is 6.04 Å². The Morgan fingerprint density at radius 2 is 2.10 bits per heavy atom. The highest BCUT2D eigenvalue weighted by Crippen LogP contribution is 2.25. The van der Waals surface area contributed by atoms with Gasteiger partial charge in [0.25, 0.3) is 5.91 Å². The van der Waals surface area contributed by atoms with E-state index < -0.39 is 0 Å². The highest BCUT2D eigenvalue weighted by Gasteiger charge is 2.16. The van der Waals surface area contributed by atoms with Crippen molar-refractivity contribution in [1.82, 2.24) is 5.32 Å². The Labute approximate surface area is 124 Å². The second-order valence-electron chi connectivity index (χ2n) is 5.11. The zero-order chi connectivity index (χ0) is 14.4. The van der Waals surface area contributed by atoms with Crippen molar-refractivity contribution in [2.45, 2.75) is 44.8 Å². The van der Waals surface area contributed by atoms with Gasteiger partial charge >= 0.3 is 0 Å². The quantitative estimate of drug-likeness (QED) is 0.878. The Morgan fingerprint density at radius 3 is 2.75 bits per heavy atom. The second kappa shape index (κ2) is 7.50. The normalized spacial score (nSPS) is 15.9. The predicted octanol–water partition coefficient (Wildman–Crippen LogP) is 2.66. The summed E-state index contributed by atoms with van der Waals surface area (Å²) in [6.45, 7) is -0.100. The molecule has 0 aliphatic heterocycles. The molecule has 20 heavy (non-hydrogen) atoms.